The first-order chi connectivity index (χ1) is 9.11. The van der Waals surface area contributed by atoms with Crippen LogP contribution in [0.3, 0.4) is 0 Å². The third-order valence-electron chi connectivity index (χ3n) is 4.38. The van der Waals surface area contributed by atoms with Crippen molar-refractivity contribution in [2.75, 3.05) is 5.32 Å². The predicted octanol–water partition coefficient (Wildman–Crippen LogP) is 4.54. The first-order valence-electron chi connectivity index (χ1n) is 7.93. The van der Waals surface area contributed by atoms with E-state index in [1.165, 1.54) is 32.1 Å². The maximum atomic E-state index is 4.71. The summed E-state index contributed by atoms with van der Waals surface area (Å²) in [5.74, 6) is 1.73. The molecule has 3 nitrogen and oxygen atoms in total. The normalized spacial score (nSPS) is 18.8. The zero-order chi connectivity index (χ0) is 13.8. The van der Waals surface area contributed by atoms with Crippen molar-refractivity contribution in [3.05, 3.63) is 11.9 Å². The van der Waals surface area contributed by atoms with E-state index < -0.39 is 0 Å². The fourth-order valence-corrected chi connectivity index (χ4v) is 3.17. The Morgan fingerprint density at radius 1 is 1.32 bits per heavy atom. The van der Waals surface area contributed by atoms with Crippen molar-refractivity contribution in [1.29, 1.82) is 0 Å². The molecular formula is C16H29N3. The maximum absolute atomic E-state index is 4.71. The van der Waals surface area contributed by atoms with Crippen LogP contribution in [0.1, 0.15) is 71.0 Å². The zero-order valence-electron chi connectivity index (χ0n) is 12.9. The molecule has 0 bridgehead atoms. The fourth-order valence-electron chi connectivity index (χ4n) is 3.17. The molecule has 1 heterocycles. The molecule has 1 saturated carbocycles. The lowest BCUT2D eigenvalue weighted by atomic mass is 9.95. The second-order valence-corrected chi connectivity index (χ2v) is 6.31. The average Bonchev–Trinajstić information content (AvgIpc) is 2.77. The first-order valence-corrected chi connectivity index (χ1v) is 7.93. The Kier molecular flexibility index (Phi) is 4.89. The van der Waals surface area contributed by atoms with Crippen LogP contribution in [-0.4, -0.2) is 15.6 Å². The Morgan fingerprint density at radius 3 is 2.58 bits per heavy atom. The molecule has 108 valence electrons. The zero-order valence-corrected chi connectivity index (χ0v) is 12.9. The smallest absolute Gasteiger partial charge is 0.203 e. The van der Waals surface area contributed by atoms with Crippen molar-refractivity contribution in [3.63, 3.8) is 0 Å². The van der Waals surface area contributed by atoms with Gasteiger partial charge in [0.15, 0.2) is 0 Å². The minimum absolute atomic E-state index is 0.518. The van der Waals surface area contributed by atoms with E-state index >= 15 is 0 Å². The molecular weight excluding hydrogens is 234 g/mol. The van der Waals surface area contributed by atoms with Crippen molar-refractivity contribution in [1.82, 2.24) is 9.55 Å². The molecule has 1 fully saturated rings. The maximum Gasteiger partial charge on any atom is 0.203 e. The quantitative estimate of drug-likeness (QED) is 0.845. The van der Waals surface area contributed by atoms with Gasteiger partial charge in [-0.15, -0.1) is 0 Å². The highest BCUT2D eigenvalue weighted by molar-refractivity contribution is 5.31. The Morgan fingerprint density at radius 2 is 2.00 bits per heavy atom. The summed E-state index contributed by atoms with van der Waals surface area (Å²) in [5, 5.41) is 3.67. The SMILES string of the molecule is CCC(Nc1nc(C)cn1C1CCCCC1)C(C)C. The molecule has 1 aliphatic rings. The van der Waals surface area contributed by atoms with E-state index in [0.29, 0.717) is 18.0 Å². The van der Waals surface area contributed by atoms with Crippen LogP contribution < -0.4 is 5.32 Å². The minimum Gasteiger partial charge on any atom is -0.353 e. The molecule has 0 aromatic carbocycles. The average molecular weight is 263 g/mol. The molecule has 2 rings (SSSR count). The van der Waals surface area contributed by atoms with Crippen LogP contribution in [0.2, 0.25) is 0 Å². The van der Waals surface area contributed by atoms with Gasteiger partial charge in [0.1, 0.15) is 0 Å². The minimum atomic E-state index is 0.518. The summed E-state index contributed by atoms with van der Waals surface area (Å²) in [4.78, 5) is 4.71. The molecule has 3 heteroatoms. The van der Waals surface area contributed by atoms with Gasteiger partial charge >= 0.3 is 0 Å². The lowest BCUT2D eigenvalue weighted by Gasteiger charge is -2.27. The molecule has 19 heavy (non-hydrogen) atoms. The van der Waals surface area contributed by atoms with Gasteiger partial charge < -0.3 is 9.88 Å². The number of imidazole rings is 1. The Labute approximate surface area is 117 Å². The van der Waals surface area contributed by atoms with Gasteiger partial charge in [-0.1, -0.05) is 40.0 Å². The van der Waals surface area contributed by atoms with Gasteiger partial charge in [-0.05, 0) is 32.1 Å². The molecule has 0 saturated heterocycles. The summed E-state index contributed by atoms with van der Waals surface area (Å²) in [5.41, 5.74) is 1.13. The van der Waals surface area contributed by atoms with Crippen molar-refractivity contribution >= 4 is 5.95 Å². The number of anilines is 1. The Bertz CT molecular complexity index is 389. The van der Waals surface area contributed by atoms with E-state index in [9.17, 15) is 0 Å². The number of aromatic nitrogens is 2. The lowest BCUT2D eigenvalue weighted by Crippen LogP contribution is -2.27. The molecule has 1 atom stereocenters. The molecule has 1 aromatic rings. The largest absolute Gasteiger partial charge is 0.353 e. The van der Waals surface area contributed by atoms with Crippen LogP contribution in [0.15, 0.2) is 6.20 Å². The van der Waals surface area contributed by atoms with Crippen molar-refractivity contribution in [2.45, 2.75) is 78.3 Å². The number of aryl methyl sites for hydroxylation is 1. The Balaban J connectivity index is 2.15. The summed E-state index contributed by atoms with van der Waals surface area (Å²) in [6.45, 7) is 8.91. The van der Waals surface area contributed by atoms with Gasteiger partial charge in [0, 0.05) is 18.3 Å². The van der Waals surface area contributed by atoms with Crippen molar-refractivity contribution in [2.24, 2.45) is 5.92 Å². The van der Waals surface area contributed by atoms with Crippen LogP contribution in [0.25, 0.3) is 0 Å². The fraction of sp³-hybridized carbons (Fsp3) is 0.812. The lowest BCUT2D eigenvalue weighted by molar-refractivity contribution is 0.354. The molecule has 1 aliphatic carbocycles. The number of nitrogens with one attached hydrogen (secondary N) is 1. The number of hydrogen-bond donors (Lipinski definition) is 1. The van der Waals surface area contributed by atoms with Crippen molar-refractivity contribution < 1.29 is 0 Å². The number of rotatable bonds is 5. The summed E-state index contributed by atoms with van der Waals surface area (Å²) >= 11 is 0. The summed E-state index contributed by atoms with van der Waals surface area (Å²) in [6, 6.07) is 1.17. The molecule has 0 aliphatic heterocycles. The predicted molar refractivity (Wildman–Crippen MR) is 81.6 cm³/mol. The highest BCUT2D eigenvalue weighted by Crippen LogP contribution is 2.31. The van der Waals surface area contributed by atoms with E-state index in [4.69, 9.17) is 4.98 Å². The summed E-state index contributed by atoms with van der Waals surface area (Å²) in [7, 11) is 0. The topological polar surface area (TPSA) is 29.9 Å². The van der Waals surface area contributed by atoms with Crippen LogP contribution in [0.5, 0.6) is 0 Å². The highest BCUT2D eigenvalue weighted by atomic mass is 15.2. The van der Waals surface area contributed by atoms with Gasteiger partial charge in [0.25, 0.3) is 0 Å². The monoisotopic (exact) mass is 263 g/mol. The number of hydrogen-bond acceptors (Lipinski definition) is 2. The molecule has 1 unspecified atom stereocenters. The van der Waals surface area contributed by atoms with Gasteiger partial charge in [-0.3, -0.25) is 0 Å². The van der Waals surface area contributed by atoms with Crippen LogP contribution in [-0.2, 0) is 0 Å². The van der Waals surface area contributed by atoms with Crippen molar-refractivity contribution in [3.8, 4) is 0 Å². The third kappa shape index (κ3) is 3.52. The van der Waals surface area contributed by atoms with E-state index in [2.05, 4.69) is 43.8 Å². The van der Waals surface area contributed by atoms with Crippen LogP contribution in [0.4, 0.5) is 5.95 Å². The van der Waals surface area contributed by atoms with E-state index in [1.54, 1.807) is 0 Å². The van der Waals surface area contributed by atoms with Gasteiger partial charge in [0.05, 0.1) is 5.69 Å². The molecule has 1 aromatic heterocycles. The third-order valence-corrected chi connectivity index (χ3v) is 4.38. The second-order valence-electron chi connectivity index (χ2n) is 6.31. The first kappa shape index (κ1) is 14.4. The van der Waals surface area contributed by atoms with Gasteiger partial charge in [-0.25, -0.2) is 4.98 Å². The van der Waals surface area contributed by atoms with Gasteiger partial charge in [0.2, 0.25) is 5.95 Å². The molecule has 1 N–H and O–H groups in total. The molecule has 0 amide bonds. The summed E-state index contributed by atoms with van der Waals surface area (Å²) in [6.07, 6.45) is 10.1. The van der Waals surface area contributed by atoms with Gasteiger partial charge in [-0.2, -0.15) is 0 Å². The van der Waals surface area contributed by atoms with Crippen LogP contribution in [0, 0.1) is 12.8 Å². The highest BCUT2D eigenvalue weighted by Gasteiger charge is 2.21. The summed E-state index contributed by atoms with van der Waals surface area (Å²) < 4.78 is 2.40. The van der Waals surface area contributed by atoms with E-state index in [1.807, 2.05) is 0 Å². The van der Waals surface area contributed by atoms with E-state index in [0.717, 1.165) is 18.1 Å². The number of nitrogens with zero attached hydrogens (tertiary/aromatic N) is 2. The molecule has 0 radical (unpaired) electrons. The molecule has 0 spiro atoms. The van der Waals surface area contributed by atoms with E-state index in [-0.39, 0.29) is 0 Å². The Hall–Kier alpha value is -0.990. The standard InChI is InChI=1S/C16H29N3/c1-5-15(12(2)3)18-16-17-13(4)11-19(16)14-9-7-6-8-10-14/h11-12,14-15H,5-10H2,1-4H3,(H,17,18). The second kappa shape index (κ2) is 6.44. The van der Waals surface area contributed by atoms with Crippen LogP contribution >= 0.6 is 0 Å².